The molecule has 1 atom stereocenters. The van der Waals surface area contributed by atoms with E-state index in [1.165, 1.54) is 0 Å². The minimum Gasteiger partial charge on any atom is -0.495 e. The van der Waals surface area contributed by atoms with Gasteiger partial charge in [0, 0.05) is 44.8 Å². The Labute approximate surface area is 175 Å². The zero-order valence-electron chi connectivity index (χ0n) is 16.6. The molecule has 0 aromatic heterocycles. The highest BCUT2D eigenvalue weighted by molar-refractivity contribution is 14.0. The van der Waals surface area contributed by atoms with Crippen molar-refractivity contribution in [3.05, 3.63) is 24.3 Å². The number of benzene rings is 1. The molecule has 7 heteroatoms. The van der Waals surface area contributed by atoms with Crippen molar-refractivity contribution in [2.24, 2.45) is 4.99 Å². The van der Waals surface area contributed by atoms with Crippen LogP contribution in [0.3, 0.4) is 0 Å². The lowest BCUT2D eigenvalue weighted by Crippen LogP contribution is -2.47. The first-order valence-electron chi connectivity index (χ1n) is 9.03. The second-order valence-corrected chi connectivity index (χ2v) is 7.42. The molecule has 1 aliphatic heterocycles. The SMILES string of the molecule is CN=C(NCCNC(C)(C)C)NC1CCN(c2ccccc2OC)C1.I. The van der Waals surface area contributed by atoms with Crippen LogP contribution in [0.1, 0.15) is 27.2 Å². The topological polar surface area (TPSA) is 60.9 Å². The molecule has 148 valence electrons. The first-order chi connectivity index (χ1) is 11.9. The van der Waals surface area contributed by atoms with Crippen molar-refractivity contribution in [2.45, 2.75) is 38.8 Å². The van der Waals surface area contributed by atoms with Crippen LogP contribution in [0.4, 0.5) is 5.69 Å². The maximum absolute atomic E-state index is 5.48. The average Bonchev–Trinajstić information content (AvgIpc) is 3.05. The van der Waals surface area contributed by atoms with E-state index in [-0.39, 0.29) is 29.5 Å². The Morgan fingerprint density at radius 1 is 1.27 bits per heavy atom. The Morgan fingerprint density at radius 2 is 2.00 bits per heavy atom. The molecule has 26 heavy (non-hydrogen) atoms. The van der Waals surface area contributed by atoms with Crippen molar-refractivity contribution in [1.82, 2.24) is 16.0 Å². The third-order valence-corrected chi connectivity index (χ3v) is 4.25. The largest absolute Gasteiger partial charge is 0.495 e. The lowest BCUT2D eigenvalue weighted by atomic mass is 10.1. The normalized spacial score (nSPS) is 17.7. The van der Waals surface area contributed by atoms with E-state index in [9.17, 15) is 0 Å². The number of methoxy groups -OCH3 is 1. The van der Waals surface area contributed by atoms with Gasteiger partial charge in [-0.05, 0) is 39.3 Å². The molecular weight excluding hydrogens is 441 g/mol. The van der Waals surface area contributed by atoms with E-state index in [2.05, 4.69) is 58.7 Å². The van der Waals surface area contributed by atoms with Gasteiger partial charge < -0.3 is 25.6 Å². The fourth-order valence-electron chi connectivity index (χ4n) is 2.99. The van der Waals surface area contributed by atoms with Crippen molar-refractivity contribution >= 4 is 35.6 Å². The Bertz CT molecular complexity index is 573. The quantitative estimate of drug-likeness (QED) is 0.256. The van der Waals surface area contributed by atoms with Gasteiger partial charge in [-0.25, -0.2) is 0 Å². The minimum atomic E-state index is 0. The lowest BCUT2D eigenvalue weighted by molar-refractivity contribution is 0.415. The van der Waals surface area contributed by atoms with Crippen LogP contribution in [-0.4, -0.2) is 57.9 Å². The molecule has 0 saturated carbocycles. The summed E-state index contributed by atoms with van der Waals surface area (Å²) in [7, 11) is 3.54. The van der Waals surface area contributed by atoms with E-state index < -0.39 is 0 Å². The van der Waals surface area contributed by atoms with Gasteiger partial charge in [0.05, 0.1) is 12.8 Å². The van der Waals surface area contributed by atoms with Gasteiger partial charge in [0.15, 0.2) is 5.96 Å². The van der Waals surface area contributed by atoms with E-state index in [1.807, 2.05) is 19.2 Å². The maximum Gasteiger partial charge on any atom is 0.191 e. The summed E-state index contributed by atoms with van der Waals surface area (Å²) in [6, 6.07) is 8.57. The summed E-state index contributed by atoms with van der Waals surface area (Å²) in [5, 5.41) is 10.4. The number of nitrogens with zero attached hydrogens (tertiary/aromatic N) is 2. The van der Waals surface area contributed by atoms with Crippen LogP contribution in [0.2, 0.25) is 0 Å². The number of para-hydroxylation sites is 2. The zero-order valence-corrected chi connectivity index (χ0v) is 19.0. The second kappa shape index (κ2) is 10.8. The monoisotopic (exact) mass is 475 g/mol. The molecule has 0 radical (unpaired) electrons. The van der Waals surface area contributed by atoms with Crippen LogP contribution in [-0.2, 0) is 0 Å². The van der Waals surface area contributed by atoms with Gasteiger partial charge in [-0.15, -0.1) is 24.0 Å². The molecule has 1 aromatic rings. The van der Waals surface area contributed by atoms with Gasteiger partial charge in [-0.2, -0.15) is 0 Å². The fraction of sp³-hybridized carbons (Fsp3) is 0.632. The highest BCUT2D eigenvalue weighted by atomic mass is 127. The molecule has 1 heterocycles. The van der Waals surface area contributed by atoms with Crippen LogP contribution in [0.25, 0.3) is 0 Å². The number of rotatable bonds is 6. The summed E-state index contributed by atoms with van der Waals surface area (Å²) in [5.74, 6) is 1.79. The third-order valence-electron chi connectivity index (χ3n) is 4.25. The number of anilines is 1. The minimum absolute atomic E-state index is 0. The van der Waals surface area contributed by atoms with Crippen LogP contribution in [0, 0.1) is 0 Å². The first kappa shape index (κ1) is 22.8. The number of nitrogens with one attached hydrogen (secondary N) is 3. The molecule has 1 aliphatic rings. The number of aliphatic imine (C=N–C) groups is 1. The van der Waals surface area contributed by atoms with E-state index in [0.717, 1.165) is 50.0 Å². The van der Waals surface area contributed by atoms with Crippen molar-refractivity contribution < 1.29 is 4.74 Å². The Balaban J connectivity index is 0.00000338. The highest BCUT2D eigenvalue weighted by Gasteiger charge is 2.25. The maximum atomic E-state index is 5.48. The molecule has 6 nitrogen and oxygen atoms in total. The molecule has 1 unspecified atom stereocenters. The molecule has 1 fully saturated rings. The molecule has 0 aliphatic carbocycles. The van der Waals surface area contributed by atoms with Crippen LogP contribution in [0.5, 0.6) is 5.75 Å². The molecule has 0 amide bonds. The van der Waals surface area contributed by atoms with Gasteiger partial charge in [-0.1, -0.05) is 12.1 Å². The van der Waals surface area contributed by atoms with Crippen LogP contribution >= 0.6 is 24.0 Å². The molecular formula is C19H34IN5O. The Hall–Kier alpha value is -1.22. The van der Waals surface area contributed by atoms with E-state index >= 15 is 0 Å². The summed E-state index contributed by atoms with van der Waals surface area (Å²) in [4.78, 5) is 6.71. The van der Waals surface area contributed by atoms with Crippen molar-refractivity contribution in [3.63, 3.8) is 0 Å². The van der Waals surface area contributed by atoms with Gasteiger partial charge >= 0.3 is 0 Å². The molecule has 2 rings (SSSR count). The van der Waals surface area contributed by atoms with Gasteiger partial charge in [-0.3, -0.25) is 4.99 Å². The van der Waals surface area contributed by atoms with Crippen LogP contribution in [0.15, 0.2) is 29.3 Å². The highest BCUT2D eigenvalue weighted by Crippen LogP contribution is 2.30. The standard InChI is InChI=1S/C19H33N5O.HI/c1-19(2,3)22-12-11-21-18(20-4)23-15-10-13-24(14-15)16-8-6-7-9-17(16)25-5;/h6-9,15,22H,10-14H2,1-5H3,(H2,20,21,23);1H. The summed E-state index contributed by atoms with van der Waals surface area (Å²) < 4.78 is 5.48. The average molecular weight is 475 g/mol. The summed E-state index contributed by atoms with van der Waals surface area (Å²) in [5.41, 5.74) is 1.30. The molecule has 3 N–H and O–H groups in total. The van der Waals surface area contributed by atoms with Crippen molar-refractivity contribution in [2.75, 3.05) is 45.2 Å². The molecule has 1 saturated heterocycles. The third kappa shape index (κ3) is 7.19. The zero-order chi connectivity index (χ0) is 18.3. The fourth-order valence-corrected chi connectivity index (χ4v) is 2.99. The lowest BCUT2D eigenvalue weighted by Gasteiger charge is -2.23. The summed E-state index contributed by atoms with van der Waals surface area (Å²) >= 11 is 0. The summed E-state index contributed by atoms with van der Waals surface area (Å²) in [6.07, 6.45) is 1.08. The number of hydrogen-bond donors (Lipinski definition) is 3. The second-order valence-electron chi connectivity index (χ2n) is 7.42. The smallest absolute Gasteiger partial charge is 0.191 e. The number of halogens is 1. The Morgan fingerprint density at radius 3 is 2.65 bits per heavy atom. The van der Waals surface area contributed by atoms with Gasteiger partial charge in [0.2, 0.25) is 0 Å². The number of hydrogen-bond acceptors (Lipinski definition) is 4. The first-order valence-corrected chi connectivity index (χ1v) is 9.03. The Kier molecular flexibility index (Phi) is 9.49. The molecule has 0 bridgehead atoms. The molecule has 1 aromatic carbocycles. The predicted molar refractivity (Wildman–Crippen MR) is 121 cm³/mol. The van der Waals surface area contributed by atoms with E-state index in [1.54, 1.807) is 7.11 Å². The number of guanidine groups is 1. The van der Waals surface area contributed by atoms with E-state index in [4.69, 9.17) is 4.74 Å². The summed E-state index contributed by atoms with van der Waals surface area (Å²) in [6.45, 7) is 10.2. The predicted octanol–water partition coefficient (Wildman–Crippen LogP) is 2.45. The van der Waals surface area contributed by atoms with Crippen molar-refractivity contribution in [1.29, 1.82) is 0 Å². The number of ether oxygens (including phenoxy) is 1. The van der Waals surface area contributed by atoms with Crippen LogP contribution < -0.4 is 25.6 Å². The van der Waals surface area contributed by atoms with Gasteiger partial charge in [0.25, 0.3) is 0 Å². The molecule has 0 spiro atoms. The van der Waals surface area contributed by atoms with Crippen molar-refractivity contribution in [3.8, 4) is 5.75 Å². The van der Waals surface area contributed by atoms with E-state index in [0.29, 0.717) is 6.04 Å². The van der Waals surface area contributed by atoms with Gasteiger partial charge in [0.1, 0.15) is 5.75 Å².